The quantitative estimate of drug-likeness (QED) is 0.271. The topological polar surface area (TPSA) is 121 Å². The van der Waals surface area contributed by atoms with Gasteiger partial charge in [0.1, 0.15) is 24.4 Å². The molecule has 0 rings (SSSR count). The van der Waals surface area contributed by atoms with Crippen LogP contribution in [-0.4, -0.2) is 67.8 Å². The zero-order valence-corrected chi connectivity index (χ0v) is 12.2. The van der Waals surface area contributed by atoms with Crippen molar-refractivity contribution in [2.75, 3.05) is 6.61 Å². The minimum atomic E-state index is -1.69. The van der Waals surface area contributed by atoms with Crippen LogP contribution in [-0.2, 0) is 0 Å². The molecule has 122 valence electrons. The summed E-state index contributed by atoms with van der Waals surface area (Å²) in [6.45, 7) is 1.41. The van der Waals surface area contributed by atoms with Crippen molar-refractivity contribution in [2.24, 2.45) is 0 Å². The summed E-state index contributed by atoms with van der Waals surface area (Å²) >= 11 is 0. The fraction of sp³-hybridized carbons (Fsp3) is 1.00. The van der Waals surface area contributed by atoms with Gasteiger partial charge >= 0.3 is 0 Å². The van der Waals surface area contributed by atoms with E-state index in [9.17, 15) is 25.5 Å². The van der Waals surface area contributed by atoms with Gasteiger partial charge in [0.25, 0.3) is 0 Å². The van der Waals surface area contributed by atoms with Crippen LogP contribution in [0, 0.1) is 0 Å². The summed E-state index contributed by atoms with van der Waals surface area (Å²) in [5.74, 6) is 0. The number of unbranched alkanes of at least 4 members (excludes halogenated alkanes) is 5. The highest BCUT2D eigenvalue weighted by Gasteiger charge is 2.33. The molecule has 0 aliphatic rings. The molecular weight excluding hydrogens is 264 g/mol. The minimum Gasteiger partial charge on any atom is -0.394 e. The molecule has 0 aromatic rings. The molecule has 0 spiro atoms. The third-order valence-electron chi connectivity index (χ3n) is 3.53. The summed E-state index contributed by atoms with van der Waals surface area (Å²) in [6, 6.07) is 0. The molecule has 1 unspecified atom stereocenters. The first-order chi connectivity index (χ1) is 9.45. The van der Waals surface area contributed by atoms with Crippen molar-refractivity contribution >= 4 is 0 Å². The van der Waals surface area contributed by atoms with E-state index in [0.717, 1.165) is 25.7 Å². The van der Waals surface area contributed by atoms with Crippen molar-refractivity contribution in [1.29, 1.82) is 0 Å². The molecule has 6 heteroatoms. The van der Waals surface area contributed by atoms with Gasteiger partial charge in [0.05, 0.1) is 12.7 Å². The maximum absolute atomic E-state index is 9.73. The molecule has 0 aliphatic carbocycles. The molecule has 0 aliphatic heterocycles. The molecule has 0 fully saturated rings. The van der Waals surface area contributed by atoms with Crippen molar-refractivity contribution < 1.29 is 30.6 Å². The van der Waals surface area contributed by atoms with Crippen LogP contribution < -0.4 is 0 Å². The van der Waals surface area contributed by atoms with E-state index < -0.39 is 37.1 Å². The number of rotatable bonds is 12. The van der Waals surface area contributed by atoms with E-state index in [1.807, 2.05) is 0 Å². The molecule has 0 amide bonds. The molecule has 0 heterocycles. The summed E-state index contributed by atoms with van der Waals surface area (Å²) in [5, 5.41) is 56.3. The molecule has 0 saturated carbocycles. The van der Waals surface area contributed by atoms with Crippen molar-refractivity contribution in [3.05, 3.63) is 0 Å². The Morgan fingerprint density at radius 3 is 1.70 bits per heavy atom. The van der Waals surface area contributed by atoms with Crippen LogP contribution in [0.25, 0.3) is 0 Å². The average molecular weight is 294 g/mol. The van der Waals surface area contributed by atoms with Crippen LogP contribution >= 0.6 is 0 Å². The van der Waals surface area contributed by atoms with Gasteiger partial charge in [-0.1, -0.05) is 45.4 Å². The molecule has 0 aromatic heterocycles. The average Bonchev–Trinajstić information content (AvgIpc) is 2.47. The monoisotopic (exact) mass is 294 g/mol. The van der Waals surface area contributed by atoms with Crippen LogP contribution in [0.4, 0.5) is 0 Å². The van der Waals surface area contributed by atoms with Crippen LogP contribution in [0.1, 0.15) is 51.9 Å². The maximum atomic E-state index is 9.73. The number of hydrogen-bond donors (Lipinski definition) is 6. The Balaban J connectivity index is 3.92. The first-order valence-electron chi connectivity index (χ1n) is 7.46. The summed E-state index contributed by atoms with van der Waals surface area (Å²) in [6.07, 6.45) is -1.03. The highest BCUT2D eigenvalue weighted by atomic mass is 16.4. The molecule has 0 bridgehead atoms. The second kappa shape index (κ2) is 11.4. The normalized spacial score (nSPS) is 19.4. The van der Waals surface area contributed by atoms with E-state index in [0.29, 0.717) is 6.42 Å². The van der Waals surface area contributed by atoms with Gasteiger partial charge in [-0.25, -0.2) is 0 Å². The SMILES string of the molecule is CCCCCCCCC(O)[C@H](O)[C@@H](O)[C@H](O)[C@H](O)CO. The van der Waals surface area contributed by atoms with Gasteiger partial charge in [0.15, 0.2) is 0 Å². The molecule has 0 radical (unpaired) electrons. The highest BCUT2D eigenvalue weighted by Crippen LogP contribution is 2.14. The second-order valence-corrected chi connectivity index (χ2v) is 5.35. The fourth-order valence-electron chi connectivity index (χ4n) is 2.07. The van der Waals surface area contributed by atoms with Gasteiger partial charge in [-0.2, -0.15) is 0 Å². The van der Waals surface area contributed by atoms with Crippen molar-refractivity contribution in [2.45, 2.75) is 82.4 Å². The maximum Gasteiger partial charge on any atom is 0.111 e. The second-order valence-electron chi connectivity index (χ2n) is 5.35. The lowest BCUT2D eigenvalue weighted by Gasteiger charge is -2.28. The van der Waals surface area contributed by atoms with Crippen LogP contribution in [0.2, 0.25) is 0 Å². The fourth-order valence-corrected chi connectivity index (χ4v) is 2.07. The van der Waals surface area contributed by atoms with E-state index in [1.165, 1.54) is 12.8 Å². The van der Waals surface area contributed by atoms with Crippen molar-refractivity contribution in [3.63, 3.8) is 0 Å². The lowest BCUT2D eigenvalue weighted by Crippen LogP contribution is -2.49. The number of hydrogen-bond acceptors (Lipinski definition) is 6. The van der Waals surface area contributed by atoms with Gasteiger partial charge in [-0.05, 0) is 6.42 Å². The van der Waals surface area contributed by atoms with Gasteiger partial charge in [-0.3, -0.25) is 0 Å². The molecule has 0 saturated heterocycles. The zero-order chi connectivity index (χ0) is 15.5. The van der Waals surface area contributed by atoms with Gasteiger partial charge in [-0.15, -0.1) is 0 Å². The Morgan fingerprint density at radius 1 is 0.650 bits per heavy atom. The van der Waals surface area contributed by atoms with Crippen LogP contribution in [0.3, 0.4) is 0 Å². The molecule has 5 atom stereocenters. The lowest BCUT2D eigenvalue weighted by atomic mass is 9.96. The first kappa shape index (κ1) is 19.8. The van der Waals surface area contributed by atoms with Crippen LogP contribution in [0.15, 0.2) is 0 Å². The largest absolute Gasteiger partial charge is 0.394 e. The zero-order valence-electron chi connectivity index (χ0n) is 12.2. The third-order valence-corrected chi connectivity index (χ3v) is 3.53. The van der Waals surface area contributed by atoms with E-state index >= 15 is 0 Å². The predicted octanol–water partition coefficient (Wildman–Crippen LogP) is -0.466. The Kier molecular flexibility index (Phi) is 11.3. The van der Waals surface area contributed by atoms with Gasteiger partial charge < -0.3 is 30.6 Å². The third kappa shape index (κ3) is 7.52. The molecule has 6 nitrogen and oxygen atoms in total. The van der Waals surface area contributed by atoms with E-state index in [1.54, 1.807) is 0 Å². The van der Waals surface area contributed by atoms with E-state index in [-0.39, 0.29) is 0 Å². The highest BCUT2D eigenvalue weighted by molar-refractivity contribution is 4.84. The Labute approximate surface area is 120 Å². The van der Waals surface area contributed by atoms with E-state index in [2.05, 4.69) is 6.92 Å². The number of aliphatic hydroxyl groups is 6. The Morgan fingerprint density at radius 2 is 1.15 bits per heavy atom. The van der Waals surface area contributed by atoms with Crippen molar-refractivity contribution in [1.82, 2.24) is 0 Å². The number of aliphatic hydroxyl groups excluding tert-OH is 6. The summed E-state index contributed by atoms with van der Waals surface area (Å²) in [4.78, 5) is 0. The lowest BCUT2D eigenvalue weighted by molar-refractivity contribution is -0.141. The molecule has 6 N–H and O–H groups in total. The molecule has 20 heavy (non-hydrogen) atoms. The Bertz CT molecular complexity index is 226. The standard InChI is InChI=1S/C14H30O6/c1-2-3-4-5-6-7-8-10(16)12(18)14(20)13(19)11(17)9-15/h10-20H,2-9H2,1H3/t10?,11-,12+,13-,14-/m1/s1. The Hall–Kier alpha value is -0.240. The minimum absolute atomic E-state index is 0.326. The van der Waals surface area contributed by atoms with Gasteiger partial charge in [0.2, 0.25) is 0 Å². The summed E-state index contributed by atoms with van der Waals surface area (Å²) in [7, 11) is 0. The van der Waals surface area contributed by atoms with Crippen molar-refractivity contribution in [3.8, 4) is 0 Å². The molecular formula is C14H30O6. The predicted molar refractivity (Wildman–Crippen MR) is 75.1 cm³/mol. The summed E-state index contributed by atoms with van der Waals surface area (Å²) < 4.78 is 0. The van der Waals surface area contributed by atoms with E-state index in [4.69, 9.17) is 5.11 Å². The smallest absolute Gasteiger partial charge is 0.111 e. The first-order valence-corrected chi connectivity index (χ1v) is 7.46. The summed E-state index contributed by atoms with van der Waals surface area (Å²) in [5.41, 5.74) is 0. The molecule has 0 aromatic carbocycles. The van der Waals surface area contributed by atoms with Gasteiger partial charge in [0, 0.05) is 0 Å². The van der Waals surface area contributed by atoms with Crippen LogP contribution in [0.5, 0.6) is 0 Å².